The maximum Gasteiger partial charge on any atom is 0.305 e. The van der Waals surface area contributed by atoms with Gasteiger partial charge in [0.25, 0.3) is 0 Å². The van der Waals surface area contributed by atoms with E-state index in [1.165, 1.54) is 7.11 Å². The van der Waals surface area contributed by atoms with Gasteiger partial charge in [-0.05, 0) is 44.9 Å². The van der Waals surface area contributed by atoms with Crippen LogP contribution in [-0.4, -0.2) is 63.2 Å². The van der Waals surface area contributed by atoms with Crippen LogP contribution >= 0.6 is 0 Å². The quantitative estimate of drug-likeness (QED) is 0.227. The molecular weight excluding hydrogens is 444 g/mol. The highest BCUT2D eigenvalue weighted by molar-refractivity contribution is 7.92. The Kier molecular flexibility index (Phi) is 13.4. The van der Waals surface area contributed by atoms with Gasteiger partial charge in [0.1, 0.15) is 0 Å². The summed E-state index contributed by atoms with van der Waals surface area (Å²) in [6, 6.07) is 0. The Bertz CT molecular complexity index is 719. The SMILES string of the molecule is COC(=O)CCCCCC[C@H]1[C@@H](C#CCCCCCCO)[C@@H](OC2CCCCO2)CS1(=O)=O. The normalized spacial score (nSPS) is 26.5. The van der Waals surface area contributed by atoms with Crippen molar-refractivity contribution in [2.24, 2.45) is 5.92 Å². The van der Waals surface area contributed by atoms with E-state index in [-0.39, 0.29) is 30.5 Å². The summed E-state index contributed by atoms with van der Waals surface area (Å²) < 4.78 is 42.5. The van der Waals surface area contributed by atoms with Crippen LogP contribution in [0.25, 0.3) is 0 Å². The van der Waals surface area contributed by atoms with Gasteiger partial charge in [-0.25, -0.2) is 8.42 Å². The molecule has 1 N–H and O–H groups in total. The Morgan fingerprint density at radius 1 is 1.06 bits per heavy atom. The second kappa shape index (κ2) is 15.7. The number of unbranched alkanes of at least 4 members (excludes halogenated alkanes) is 7. The minimum absolute atomic E-state index is 0.00964. The molecular formula is C25H42O7S. The van der Waals surface area contributed by atoms with E-state index in [1.54, 1.807) is 0 Å². The van der Waals surface area contributed by atoms with Gasteiger partial charge in [-0.3, -0.25) is 4.79 Å². The molecule has 0 aromatic carbocycles. The molecule has 2 aliphatic heterocycles. The molecule has 8 heteroatoms. The van der Waals surface area contributed by atoms with Gasteiger partial charge < -0.3 is 19.3 Å². The Balaban J connectivity index is 1.93. The highest BCUT2D eigenvalue weighted by Gasteiger charge is 2.47. The summed E-state index contributed by atoms with van der Waals surface area (Å²) in [6.07, 6.45) is 10.8. The maximum absolute atomic E-state index is 13.0. The molecule has 2 heterocycles. The number of carbonyl (C=O) groups excluding carboxylic acids is 1. The predicted octanol–water partition coefficient (Wildman–Crippen LogP) is 3.77. The molecule has 0 saturated carbocycles. The van der Waals surface area contributed by atoms with Crippen LogP contribution in [0.1, 0.15) is 89.9 Å². The molecule has 0 radical (unpaired) electrons. The second-order valence-electron chi connectivity index (χ2n) is 9.10. The first-order chi connectivity index (χ1) is 16.0. The predicted molar refractivity (Wildman–Crippen MR) is 127 cm³/mol. The second-order valence-corrected chi connectivity index (χ2v) is 11.4. The fourth-order valence-corrected chi connectivity index (χ4v) is 6.75. The van der Waals surface area contributed by atoms with Crippen molar-refractivity contribution in [1.82, 2.24) is 0 Å². The van der Waals surface area contributed by atoms with E-state index in [4.69, 9.17) is 14.6 Å². The number of esters is 1. The van der Waals surface area contributed by atoms with Gasteiger partial charge in [0.05, 0.1) is 30.1 Å². The smallest absolute Gasteiger partial charge is 0.305 e. The molecule has 2 rings (SSSR count). The highest BCUT2D eigenvalue weighted by atomic mass is 32.2. The maximum atomic E-state index is 13.0. The van der Waals surface area contributed by atoms with Crippen LogP contribution in [0.2, 0.25) is 0 Å². The molecule has 7 nitrogen and oxygen atoms in total. The largest absolute Gasteiger partial charge is 0.469 e. The first kappa shape index (κ1) is 28.1. The lowest BCUT2D eigenvalue weighted by molar-refractivity contribution is -0.188. The number of aliphatic hydroxyl groups excluding tert-OH is 1. The van der Waals surface area contributed by atoms with Crippen molar-refractivity contribution in [3.05, 3.63) is 0 Å². The van der Waals surface area contributed by atoms with Gasteiger partial charge in [-0.15, -0.1) is 5.92 Å². The van der Waals surface area contributed by atoms with Gasteiger partial charge in [-0.2, -0.15) is 0 Å². The minimum Gasteiger partial charge on any atom is -0.469 e. The fraction of sp³-hybridized carbons (Fsp3) is 0.880. The molecule has 4 atom stereocenters. The van der Waals surface area contributed by atoms with E-state index in [1.807, 2.05) is 0 Å². The summed E-state index contributed by atoms with van der Waals surface area (Å²) >= 11 is 0. The van der Waals surface area contributed by atoms with Crippen molar-refractivity contribution in [3.8, 4) is 11.8 Å². The van der Waals surface area contributed by atoms with Gasteiger partial charge in [0.2, 0.25) is 0 Å². The van der Waals surface area contributed by atoms with Crippen LogP contribution in [0.5, 0.6) is 0 Å². The summed E-state index contributed by atoms with van der Waals surface area (Å²) in [7, 11) is -1.90. The van der Waals surface area contributed by atoms with Crippen molar-refractivity contribution in [2.45, 2.75) is 108 Å². The number of sulfone groups is 1. The molecule has 0 aromatic heterocycles. The lowest BCUT2D eigenvalue weighted by Gasteiger charge is -2.27. The Hall–Kier alpha value is -1.14. The summed E-state index contributed by atoms with van der Waals surface area (Å²) in [6.45, 7) is 0.877. The molecule has 2 aliphatic rings. The van der Waals surface area contributed by atoms with Gasteiger partial charge in [0, 0.05) is 26.1 Å². The van der Waals surface area contributed by atoms with E-state index in [0.717, 1.165) is 77.0 Å². The van der Waals surface area contributed by atoms with Crippen LogP contribution in [0.3, 0.4) is 0 Å². The number of aliphatic hydroxyl groups is 1. The third-order valence-electron chi connectivity index (χ3n) is 6.45. The summed E-state index contributed by atoms with van der Waals surface area (Å²) in [4.78, 5) is 11.2. The Labute approximate surface area is 199 Å². The van der Waals surface area contributed by atoms with Crippen molar-refractivity contribution in [1.29, 1.82) is 0 Å². The van der Waals surface area contributed by atoms with Crippen LogP contribution in [0.15, 0.2) is 0 Å². The Morgan fingerprint density at radius 2 is 1.82 bits per heavy atom. The van der Waals surface area contributed by atoms with Crippen LogP contribution in [-0.2, 0) is 28.8 Å². The lowest BCUT2D eigenvalue weighted by Crippen LogP contribution is -2.33. The molecule has 1 unspecified atom stereocenters. The van der Waals surface area contributed by atoms with Crippen LogP contribution < -0.4 is 0 Å². The first-order valence-corrected chi connectivity index (χ1v) is 14.3. The zero-order valence-electron chi connectivity index (χ0n) is 20.1. The highest BCUT2D eigenvalue weighted by Crippen LogP contribution is 2.34. The number of hydrogen-bond donors (Lipinski definition) is 1. The molecule has 0 bridgehead atoms. The summed E-state index contributed by atoms with van der Waals surface area (Å²) in [5, 5.41) is 8.37. The first-order valence-electron chi connectivity index (χ1n) is 12.6. The zero-order chi connectivity index (χ0) is 23.9. The van der Waals surface area contributed by atoms with Crippen molar-refractivity contribution in [3.63, 3.8) is 0 Å². The molecule has 2 saturated heterocycles. The summed E-state index contributed by atoms with van der Waals surface area (Å²) in [5.74, 6) is 5.97. The van der Waals surface area contributed by atoms with Crippen LogP contribution in [0, 0.1) is 17.8 Å². The molecule has 0 aromatic rings. The molecule has 33 heavy (non-hydrogen) atoms. The van der Waals surface area contributed by atoms with E-state index >= 15 is 0 Å². The zero-order valence-corrected chi connectivity index (χ0v) is 21.0. The number of rotatable bonds is 14. The number of ether oxygens (including phenoxy) is 3. The van der Waals surface area contributed by atoms with E-state index in [0.29, 0.717) is 19.4 Å². The number of hydrogen-bond acceptors (Lipinski definition) is 7. The molecule has 2 fully saturated rings. The molecule has 0 amide bonds. The van der Waals surface area contributed by atoms with E-state index in [9.17, 15) is 13.2 Å². The topological polar surface area (TPSA) is 99.1 Å². The fourth-order valence-electron chi connectivity index (χ4n) is 4.54. The average Bonchev–Trinajstić information content (AvgIpc) is 3.04. The standard InChI is InChI=1S/C25H42O7S/c1-30-24(27)16-10-6-5-9-15-23-21(14-8-4-2-3-7-12-18-26)22(20-33(23,28)29)32-25-17-11-13-19-31-25/h21-23,25-26H,2-7,9-13,15-20H2,1H3/t21-,22-,23-,25?/m0/s1. The van der Waals surface area contributed by atoms with E-state index < -0.39 is 21.2 Å². The third kappa shape index (κ3) is 10.3. The van der Waals surface area contributed by atoms with Crippen molar-refractivity contribution in [2.75, 3.05) is 26.1 Å². The van der Waals surface area contributed by atoms with Crippen molar-refractivity contribution < 1.29 is 32.5 Å². The van der Waals surface area contributed by atoms with Crippen LogP contribution in [0.4, 0.5) is 0 Å². The average molecular weight is 487 g/mol. The van der Waals surface area contributed by atoms with Gasteiger partial charge >= 0.3 is 5.97 Å². The number of methoxy groups -OCH3 is 1. The Morgan fingerprint density at radius 3 is 2.55 bits per heavy atom. The lowest BCUT2D eigenvalue weighted by atomic mass is 9.95. The minimum atomic E-state index is -3.29. The van der Waals surface area contributed by atoms with Gasteiger partial charge in [-0.1, -0.05) is 38.0 Å². The summed E-state index contributed by atoms with van der Waals surface area (Å²) in [5.41, 5.74) is 0. The van der Waals surface area contributed by atoms with Gasteiger partial charge in [0.15, 0.2) is 16.1 Å². The molecule has 0 spiro atoms. The number of carbonyl (C=O) groups is 1. The monoisotopic (exact) mass is 486 g/mol. The van der Waals surface area contributed by atoms with Crippen molar-refractivity contribution >= 4 is 15.8 Å². The van der Waals surface area contributed by atoms with E-state index in [2.05, 4.69) is 16.6 Å². The molecule has 0 aliphatic carbocycles. The molecule has 190 valence electrons. The third-order valence-corrected chi connectivity index (χ3v) is 8.69.